The number of rotatable bonds is 5. The van der Waals surface area contributed by atoms with Crippen LogP contribution in [0.15, 0.2) is 42.7 Å². The molecule has 4 nitrogen and oxygen atoms in total. The number of hydrogen-bond acceptors (Lipinski definition) is 4. The smallest absolute Gasteiger partial charge is 0.233 e. The molecular weight excluding hydrogens is 300 g/mol. The van der Waals surface area contributed by atoms with Gasteiger partial charge >= 0.3 is 0 Å². The lowest BCUT2D eigenvalue weighted by atomic mass is 9.72. The van der Waals surface area contributed by atoms with Gasteiger partial charge in [-0.25, -0.2) is 0 Å². The molecule has 1 aliphatic rings. The molecule has 0 aliphatic carbocycles. The molecule has 0 atom stereocenters. The van der Waals surface area contributed by atoms with Crippen LogP contribution in [-0.4, -0.2) is 29.8 Å². The number of nitrogens with zero attached hydrogens (tertiary/aromatic N) is 2. The lowest BCUT2D eigenvalue weighted by Gasteiger charge is -2.37. The second kappa shape index (κ2) is 7.07. The second-order valence-corrected chi connectivity index (χ2v) is 5.92. The summed E-state index contributed by atoms with van der Waals surface area (Å²) in [5, 5.41) is 0.348. The summed E-state index contributed by atoms with van der Waals surface area (Å²) in [7, 11) is 0. The van der Waals surface area contributed by atoms with Gasteiger partial charge in [0.05, 0.1) is 19.0 Å². The van der Waals surface area contributed by atoms with Gasteiger partial charge < -0.3 is 9.47 Å². The third kappa shape index (κ3) is 3.57. The zero-order valence-corrected chi connectivity index (χ0v) is 13.1. The highest BCUT2D eigenvalue weighted by molar-refractivity contribution is 6.29. The highest BCUT2D eigenvalue weighted by Gasteiger charge is 2.34. The Balaban J connectivity index is 1.68. The molecule has 0 saturated carbocycles. The molecule has 2 aromatic rings. The topological polar surface area (TPSA) is 44.2 Å². The standard InChI is InChI=1S/C17H19ClN2O2/c18-15-12-19-13-16(20-15)22-11-8-17(6-9-21-10-7-17)14-4-2-1-3-5-14/h1-5,12-13H,6-11H2. The first-order valence-corrected chi connectivity index (χ1v) is 7.90. The van der Waals surface area contributed by atoms with Crippen LogP contribution in [0, 0.1) is 0 Å². The van der Waals surface area contributed by atoms with Gasteiger partial charge in [0.2, 0.25) is 5.88 Å². The number of hydrogen-bond donors (Lipinski definition) is 0. The van der Waals surface area contributed by atoms with Gasteiger partial charge in [0, 0.05) is 18.6 Å². The monoisotopic (exact) mass is 318 g/mol. The van der Waals surface area contributed by atoms with Gasteiger partial charge in [0.1, 0.15) is 0 Å². The summed E-state index contributed by atoms with van der Waals surface area (Å²) in [4.78, 5) is 8.09. The predicted molar refractivity (Wildman–Crippen MR) is 85.3 cm³/mol. The largest absolute Gasteiger partial charge is 0.477 e. The van der Waals surface area contributed by atoms with Crippen molar-refractivity contribution < 1.29 is 9.47 Å². The molecule has 1 aromatic heterocycles. The van der Waals surface area contributed by atoms with Crippen molar-refractivity contribution in [2.45, 2.75) is 24.7 Å². The lowest BCUT2D eigenvalue weighted by molar-refractivity contribution is 0.0412. The Hall–Kier alpha value is -1.65. The molecule has 1 saturated heterocycles. The Labute approximate surface area is 135 Å². The highest BCUT2D eigenvalue weighted by atomic mass is 35.5. The maximum absolute atomic E-state index is 5.83. The molecule has 0 bridgehead atoms. The van der Waals surface area contributed by atoms with Gasteiger partial charge in [0.25, 0.3) is 0 Å². The van der Waals surface area contributed by atoms with Gasteiger partial charge in [-0.05, 0) is 24.8 Å². The molecule has 0 spiro atoms. The van der Waals surface area contributed by atoms with E-state index >= 15 is 0 Å². The van der Waals surface area contributed by atoms with E-state index < -0.39 is 0 Å². The second-order valence-electron chi connectivity index (χ2n) is 5.54. The summed E-state index contributed by atoms with van der Waals surface area (Å²) in [5.41, 5.74) is 1.48. The highest BCUT2D eigenvalue weighted by Crippen LogP contribution is 2.37. The molecule has 1 aliphatic heterocycles. The minimum atomic E-state index is 0.117. The van der Waals surface area contributed by atoms with Crippen LogP contribution >= 0.6 is 11.6 Å². The first-order valence-electron chi connectivity index (χ1n) is 7.52. The molecule has 116 valence electrons. The van der Waals surface area contributed by atoms with E-state index in [1.807, 2.05) is 0 Å². The molecule has 5 heteroatoms. The first-order chi connectivity index (χ1) is 10.8. The fourth-order valence-electron chi connectivity index (χ4n) is 2.98. The van der Waals surface area contributed by atoms with E-state index in [-0.39, 0.29) is 5.41 Å². The maximum atomic E-state index is 5.83. The van der Waals surface area contributed by atoms with Crippen molar-refractivity contribution in [3.05, 3.63) is 53.4 Å². The van der Waals surface area contributed by atoms with Crippen LogP contribution in [0.1, 0.15) is 24.8 Å². The van der Waals surface area contributed by atoms with Crippen LogP contribution in [0.5, 0.6) is 5.88 Å². The van der Waals surface area contributed by atoms with E-state index in [1.54, 1.807) is 6.20 Å². The van der Waals surface area contributed by atoms with Gasteiger partial charge in [-0.1, -0.05) is 41.9 Å². The number of aromatic nitrogens is 2. The fourth-order valence-corrected chi connectivity index (χ4v) is 3.12. The average molecular weight is 319 g/mol. The zero-order chi connectivity index (χ0) is 15.3. The van der Waals surface area contributed by atoms with Gasteiger partial charge in [-0.2, -0.15) is 4.98 Å². The van der Waals surface area contributed by atoms with Crippen molar-refractivity contribution in [1.82, 2.24) is 9.97 Å². The quantitative estimate of drug-likeness (QED) is 0.844. The van der Waals surface area contributed by atoms with Crippen molar-refractivity contribution in [3.63, 3.8) is 0 Å². The fraction of sp³-hybridized carbons (Fsp3) is 0.412. The lowest BCUT2D eigenvalue weighted by Crippen LogP contribution is -2.35. The third-order valence-corrected chi connectivity index (χ3v) is 4.43. The summed E-state index contributed by atoms with van der Waals surface area (Å²) in [6, 6.07) is 10.6. The number of halogens is 1. The Morgan fingerprint density at radius 3 is 2.64 bits per heavy atom. The van der Waals surface area contributed by atoms with Crippen LogP contribution in [0.3, 0.4) is 0 Å². The minimum absolute atomic E-state index is 0.117. The van der Waals surface area contributed by atoms with Crippen LogP contribution in [0.25, 0.3) is 0 Å². The third-order valence-electron chi connectivity index (χ3n) is 4.25. The van der Waals surface area contributed by atoms with Crippen molar-refractivity contribution in [3.8, 4) is 5.88 Å². The summed E-state index contributed by atoms with van der Waals surface area (Å²) >= 11 is 5.83. The van der Waals surface area contributed by atoms with Crippen molar-refractivity contribution in [2.24, 2.45) is 0 Å². The molecule has 22 heavy (non-hydrogen) atoms. The van der Waals surface area contributed by atoms with Gasteiger partial charge in [-0.3, -0.25) is 4.98 Å². The molecule has 0 N–H and O–H groups in total. The minimum Gasteiger partial charge on any atom is -0.477 e. The molecule has 0 amide bonds. The van der Waals surface area contributed by atoms with Crippen LogP contribution in [-0.2, 0) is 10.2 Å². The summed E-state index contributed by atoms with van der Waals surface area (Å²) < 4.78 is 11.3. The van der Waals surface area contributed by atoms with Crippen molar-refractivity contribution >= 4 is 11.6 Å². The molecule has 0 radical (unpaired) electrons. The SMILES string of the molecule is Clc1cncc(OCCC2(c3ccccc3)CCOCC2)n1. The molecule has 3 rings (SSSR count). The number of benzene rings is 1. The van der Waals surface area contributed by atoms with Crippen molar-refractivity contribution in [1.29, 1.82) is 0 Å². The van der Waals surface area contributed by atoms with Gasteiger partial charge in [-0.15, -0.1) is 0 Å². The average Bonchev–Trinajstić information content (AvgIpc) is 2.57. The van der Waals surface area contributed by atoms with E-state index in [9.17, 15) is 0 Å². The first kappa shape index (κ1) is 15.3. The molecule has 1 aromatic carbocycles. The van der Waals surface area contributed by atoms with E-state index in [4.69, 9.17) is 21.1 Å². The number of ether oxygens (including phenoxy) is 2. The summed E-state index contributed by atoms with van der Waals surface area (Å²) in [6.07, 6.45) is 6.04. The molecule has 2 heterocycles. The zero-order valence-electron chi connectivity index (χ0n) is 12.4. The Kier molecular flexibility index (Phi) is 4.90. The molecule has 0 unspecified atom stereocenters. The van der Waals surface area contributed by atoms with E-state index in [2.05, 4.69) is 40.3 Å². The van der Waals surface area contributed by atoms with E-state index in [0.717, 1.165) is 32.5 Å². The van der Waals surface area contributed by atoms with E-state index in [0.29, 0.717) is 17.6 Å². The van der Waals surface area contributed by atoms with Crippen LogP contribution < -0.4 is 4.74 Å². The maximum Gasteiger partial charge on any atom is 0.233 e. The predicted octanol–water partition coefficient (Wildman–Crippen LogP) is 3.65. The Bertz CT molecular complexity index is 601. The molecular formula is C17H19ClN2O2. The Morgan fingerprint density at radius 2 is 1.91 bits per heavy atom. The summed E-state index contributed by atoms with van der Waals surface area (Å²) in [5.74, 6) is 0.475. The molecule has 1 fully saturated rings. The summed E-state index contributed by atoms with van der Waals surface area (Å²) in [6.45, 7) is 2.18. The Morgan fingerprint density at radius 1 is 1.14 bits per heavy atom. The van der Waals surface area contributed by atoms with Crippen LogP contribution in [0.4, 0.5) is 0 Å². The van der Waals surface area contributed by atoms with Crippen LogP contribution in [0.2, 0.25) is 5.15 Å². The van der Waals surface area contributed by atoms with E-state index in [1.165, 1.54) is 11.8 Å². The van der Waals surface area contributed by atoms with Crippen molar-refractivity contribution in [2.75, 3.05) is 19.8 Å². The van der Waals surface area contributed by atoms with Gasteiger partial charge in [0.15, 0.2) is 5.15 Å². The normalized spacial score (nSPS) is 17.1.